The molecule has 25 heavy (non-hydrogen) atoms. The van der Waals surface area contributed by atoms with Crippen molar-refractivity contribution in [2.24, 2.45) is 0 Å². The molecule has 2 aromatic rings. The molecule has 0 atom stereocenters. The molecule has 0 radical (unpaired) electrons. The Morgan fingerprint density at radius 2 is 2.00 bits per heavy atom. The average molecular weight is 341 g/mol. The minimum atomic E-state index is 0.0700. The van der Waals surface area contributed by atoms with Crippen molar-refractivity contribution in [2.45, 2.75) is 45.6 Å². The first kappa shape index (κ1) is 17.5. The molecule has 0 N–H and O–H groups in total. The predicted molar refractivity (Wildman–Crippen MR) is 98.2 cm³/mol. The van der Waals surface area contributed by atoms with Crippen LogP contribution >= 0.6 is 0 Å². The van der Waals surface area contributed by atoms with Crippen molar-refractivity contribution in [1.29, 1.82) is 0 Å². The summed E-state index contributed by atoms with van der Waals surface area (Å²) in [5.41, 5.74) is 1.65. The number of nitrogens with zero attached hydrogens (tertiary/aromatic N) is 3. The van der Waals surface area contributed by atoms with Crippen molar-refractivity contribution in [3.05, 3.63) is 47.5 Å². The third kappa shape index (κ3) is 3.41. The van der Waals surface area contributed by atoms with Crippen LogP contribution in [0.15, 0.2) is 30.6 Å². The minimum Gasteiger partial charge on any atom is -0.496 e. The molecule has 0 unspecified atom stereocenters. The number of methoxy groups -OCH3 is 1. The second-order valence-corrected chi connectivity index (χ2v) is 7.01. The Kier molecular flexibility index (Phi) is 5.11. The normalized spacial score (nSPS) is 15.6. The fourth-order valence-corrected chi connectivity index (χ4v) is 3.66. The van der Waals surface area contributed by atoms with Crippen molar-refractivity contribution < 1.29 is 9.53 Å². The molecule has 3 rings (SSSR count). The SMILES string of the molecule is COc1cccc(C)c1C(=O)N1CCC(c2nccn2C(C)C)CC1. The molecule has 5 heteroatoms. The van der Waals surface area contributed by atoms with Crippen LogP contribution in [0.4, 0.5) is 0 Å². The highest BCUT2D eigenvalue weighted by molar-refractivity contribution is 5.98. The van der Waals surface area contributed by atoms with Crippen molar-refractivity contribution in [3.63, 3.8) is 0 Å². The Bertz CT molecular complexity index is 743. The molecule has 1 aromatic carbocycles. The second-order valence-electron chi connectivity index (χ2n) is 7.01. The van der Waals surface area contributed by atoms with Gasteiger partial charge in [0.2, 0.25) is 0 Å². The van der Waals surface area contributed by atoms with Gasteiger partial charge in [-0.2, -0.15) is 0 Å². The van der Waals surface area contributed by atoms with Crippen molar-refractivity contribution >= 4 is 5.91 Å². The number of amides is 1. The van der Waals surface area contributed by atoms with E-state index in [1.165, 1.54) is 0 Å². The van der Waals surface area contributed by atoms with Gasteiger partial charge in [0.1, 0.15) is 11.6 Å². The number of aromatic nitrogens is 2. The topological polar surface area (TPSA) is 47.4 Å². The molecule has 1 fully saturated rings. The van der Waals surface area contributed by atoms with Crippen molar-refractivity contribution in [3.8, 4) is 5.75 Å². The van der Waals surface area contributed by atoms with Crippen LogP contribution in [0.3, 0.4) is 0 Å². The molecule has 1 saturated heterocycles. The van der Waals surface area contributed by atoms with E-state index in [4.69, 9.17) is 4.74 Å². The molecule has 1 amide bonds. The van der Waals surface area contributed by atoms with Gasteiger partial charge < -0.3 is 14.2 Å². The Morgan fingerprint density at radius 3 is 2.64 bits per heavy atom. The van der Waals surface area contributed by atoms with Gasteiger partial charge in [-0.1, -0.05) is 12.1 Å². The molecule has 0 saturated carbocycles. The summed E-state index contributed by atoms with van der Waals surface area (Å²) in [5.74, 6) is 2.29. The fourth-order valence-electron chi connectivity index (χ4n) is 3.66. The van der Waals surface area contributed by atoms with Gasteiger partial charge in [0, 0.05) is 37.4 Å². The molecule has 2 heterocycles. The highest BCUT2D eigenvalue weighted by atomic mass is 16.5. The van der Waals surface area contributed by atoms with Crippen LogP contribution in [-0.2, 0) is 0 Å². The van der Waals surface area contributed by atoms with E-state index in [1.54, 1.807) is 7.11 Å². The number of hydrogen-bond donors (Lipinski definition) is 0. The van der Waals surface area contributed by atoms with Crippen molar-refractivity contribution in [2.75, 3.05) is 20.2 Å². The van der Waals surface area contributed by atoms with Gasteiger partial charge in [-0.15, -0.1) is 0 Å². The van der Waals surface area contributed by atoms with Gasteiger partial charge in [0.05, 0.1) is 12.7 Å². The molecule has 1 aliphatic heterocycles. The lowest BCUT2D eigenvalue weighted by Gasteiger charge is -2.33. The van der Waals surface area contributed by atoms with Crippen LogP contribution in [0.5, 0.6) is 5.75 Å². The van der Waals surface area contributed by atoms with Gasteiger partial charge in [0.25, 0.3) is 5.91 Å². The largest absolute Gasteiger partial charge is 0.496 e. The van der Waals surface area contributed by atoms with Gasteiger partial charge in [-0.05, 0) is 45.2 Å². The summed E-state index contributed by atoms with van der Waals surface area (Å²) < 4.78 is 7.64. The number of piperidine rings is 1. The van der Waals surface area contributed by atoms with E-state index in [0.717, 1.165) is 37.3 Å². The summed E-state index contributed by atoms with van der Waals surface area (Å²) in [5, 5.41) is 0. The highest BCUT2D eigenvalue weighted by Gasteiger charge is 2.29. The maximum absolute atomic E-state index is 13.0. The summed E-state index contributed by atoms with van der Waals surface area (Å²) in [4.78, 5) is 19.5. The quantitative estimate of drug-likeness (QED) is 0.850. The summed E-state index contributed by atoms with van der Waals surface area (Å²) in [7, 11) is 1.61. The maximum atomic E-state index is 13.0. The Labute approximate surface area is 149 Å². The number of hydrogen-bond acceptors (Lipinski definition) is 3. The lowest BCUT2D eigenvalue weighted by atomic mass is 9.94. The van der Waals surface area contributed by atoms with Crippen LogP contribution in [-0.4, -0.2) is 40.6 Å². The number of likely N-dealkylation sites (tertiary alicyclic amines) is 1. The number of benzene rings is 1. The monoisotopic (exact) mass is 341 g/mol. The van der Waals surface area contributed by atoms with Crippen molar-refractivity contribution in [1.82, 2.24) is 14.5 Å². The van der Waals surface area contributed by atoms with Gasteiger partial charge >= 0.3 is 0 Å². The standard InChI is InChI=1S/C20H27N3O2/c1-14(2)23-13-10-21-19(23)16-8-11-22(12-9-16)20(24)18-15(3)6-5-7-17(18)25-4/h5-7,10,13-14,16H,8-9,11-12H2,1-4H3. The first-order chi connectivity index (χ1) is 12.0. The van der Waals surface area contributed by atoms with Crippen LogP contribution in [0.25, 0.3) is 0 Å². The molecule has 0 spiro atoms. The molecule has 0 bridgehead atoms. The molecule has 0 aliphatic carbocycles. The molecule has 134 valence electrons. The van der Waals surface area contributed by atoms with E-state index in [1.807, 2.05) is 36.2 Å². The summed E-state index contributed by atoms with van der Waals surface area (Å²) >= 11 is 0. The van der Waals surface area contributed by atoms with E-state index in [0.29, 0.717) is 23.3 Å². The van der Waals surface area contributed by atoms with E-state index < -0.39 is 0 Å². The van der Waals surface area contributed by atoms with E-state index >= 15 is 0 Å². The van der Waals surface area contributed by atoms with Crippen LogP contribution in [0.2, 0.25) is 0 Å². The highest BCUT2D eigenvalue weighted by Crippen LogP contribution is 2.31. The fraction of sp³-hybridized carbons (Fsp3) is 0.500. The van der Waals surface area contributed by atoms with Crippen LogP contribution < -0.4 is 4.74 Å². The lowest BCUT2D eigenvalue weighted by molar-refractivity contribution is 0.0706. The van der Waals surface area contributed by atoms with E-state index in [2.05, 4.69) is 29.6 Å². The number of carbonyl (C=O) groups is 1. The molecule has 1 aromatic heterocycles. The number of ether oxygens (including phenoxy) is 1. The predicted octanol–water partition coefficient (Wildman–Crippen LogP) is 3.80. The number of aryl methyl sites for hydroxylation is 1. The zero-order chi connectivity index (χ0) is 18.0. The van der Waals surface area contributed by atoms with Crippen LogP contribution in [0.1, 0.15) is 60.4 Å². The minimum absolute atomic E-state index is 0.0700. The van der Waals surface area contributed by atoms with Crippen LogP contribution in [0, 0.1) is 6.92 Å². The zero-order valence-corrected chi connectivity index (χ0v) is 15.5. The Hall–Kier alpha value is -2.30. The smallest absolute Gasteiger partial charge is 0.257 e. The number of imidazole rings is 1. The molecular formula is C20H27N3O2. The Balaban J connectivity index is 1.72. The third-order valence-corrected chi connectivity index (χ3v) is 5.07. The van der Waals surface area contributed by atoms with Gasteiger partial charge in [-0.3, -0.25) is 4.79 Å². The summed E-state index contributed by atoms with van der Waals surface area (Å²) in [6.07, 6.45) is 5.83. The molecular weight excluding hydrogens is 314 g/mol. The zero-order valence-electron chi connectivity index (χ0n) is 15.5. The summed E-state index contributed by atoms with van der Waals surface area (Å²) in [6, 6.07) is 6.14. The Morgan fingerprint density at radius 1 is 1.28 bits per heavy atom. The maximum Gasteiger partial charge on any atom is 0.257 e. The first-order valence-electron chi connectivity index (χ1n) is 8.98. The van der Waals surface area contributed by atoms with E-state index in [9.17, 15) is 4.79 Å². The third-order valence-electron chi connectivity index (χ3n) is 5.07. The molecule has 5 nitrogen and oxygen atoms in total. The molecule has 1 aliphatic rings. The average Bonchev–Trinajstić information content (AvgIpc) is 3.11. The lowest BCUT2D eigenvalue weighted by Crippen LogP contribution is -2.38. The first-order valence-corrected chi connectivity index (χ1v) is 8.98. The number of carbonyl (C=O) groups excluding carboxylic acids is 1. The summed E-state index contributed by atoms with van der Waals surface area (Å²) in [6.45, 7) is 7.82. The second kappa shape index (κ2) is 7.30. The van der Waals surface area contributed by atoms with Gasteiger partial charge in [-0.25, -0.2) is 4.98 Å². The van der Waals surface area contributed by atoms with Gasteiger partial charge in [0.15, 0.2) is 0 Å². The van der Waals surface area contributed by atoms with E-state index in [-0.39, 0.29) is 5.91 Å². The number of rotatable bonds is 4.